The molecule has 1 aliphatic rings. The van der Waals surface area contributed by atoms with Crippen LogP contribution in [0.4, 0.5) is 0 Å². The lowest BCUT2D eigenvalue weighted by molar-refractivity contribution is 0.560. The third-order valence-electron chi connectivity index (χ3n) is 3.31. The maximum Gasteiger partial charge on any atom is 0.250 e. The average Bonchev–Trinajstić information content (AvgIpc) is 2.86. The van der Waals surface area contributed by atoms with Crippen molar-refractivity contribution >= 4 is 21.4 Å². The second kappa shape index (κ2) is 5.16. The summed E-state index contributed by atoms with van der Waals surface area (Å²) in [6.45, 7) is 8.80. The van der Waals surface area contributed by atoms with E-state index >= 15 is 0 Å². The van der Waals surface area contributed by atoms with Crippen molar-refractivity contribution in [2.75, 3.05) is 0 Å². The Hall–Kier alpha value is -0.430. The van der Waals surface area contributed by atoms with Crippen molar-refractivity contribution in [3.8, 4) is 0 Å². The largest absolute Gasteiger partial charge is 0.310 e. The summed E-state index contributed by atoms with van der Waals surface area (Å²) < 4.78 is 27.8. The molecule has 1 saturated carbocycles. The molecule has 108 valence electrons. The zero-order chi connectivity index (χ0) is 14.3. The van der Waals surface area contributed by atoms with Crippen molar-refractivity contribution in [2.45, 2.75) is 62.9 Å². The predicted molar refractivity (Wildman–Crippen MR) is 79.0 cm³/mol. The summed E-state index contributed by atoms with van der Waals surface area (Å²) in [6, 6.07) is 2.17. The van der Waals surface area contributed by atoms with Crippen molar-refractivity contribution in [3.63, 3.8) is 0 Å². The highest BCUT2D eigenvalue weighted by molar-refractivity contribution is 7.91. The molecule has 2 rings (SSSR count). The Bertz CT molecular complexity index is 557. The fourth-order valence-corrected chi connectivity index (χ4v) is 4.76. The lowest BCUT2D eigenvalue weighted by atomic mass is 10.3. The quantitative estimate of drug-likeness (QED) is 0.848. The molecule has 1 aliphatic carbocycles. The second-order valence-electron chi connectivity index (χ2n) is 5.87. The smallest absolute Gasteiger partial charge is 0.250 e. The topological polar surface area (TPSA) is 58.2 Å². The molecular formula is C13H22N2O2S2. The maximum absolute atomic E-state index is 12.3. The van der Waals surface area contributed by atoms with E-state index in [1.807, 2.05) is 13.8 Å². The van der Waals surface area contributed by atoms with E-state index in [2.05, 4.69) is 23.9 Å². The molecule has 1 aromatic rings. The third-order valence-corrected chi connectivity index (χ3v) is 6.66. The standard InChI is InChI=1S/C13H22N2O2S2/c1-9(2)14-8-11-10(3)7-12(18-11)19(16,17)15-13(4)5-6-13/h7,9,14-15H,5-6,8H2,1-4H3. The highest BCUT2D eigenvalue weighted by Gasteiger charge is 2.41. The van der Waals surface area contributed by atoms with E-state index in [4.69, 9.17) is 0 Å². The van der Waals surface area contributed by atoms with Crippen molar-refractivity contribution in [2.24, 2.45) is 0 Å². The Morgan fingerprint density at radius 1 is 1.42 bits per heavy atom. The van der Waals surface area contributed by atoms with Gasteiger partial charge in [-0.05, 0) is 38.3 Å². The monoisotopic (exact) mass is 302 g/mol. The molecule has 0 saturated heterocycles. The minimum absolute atomic E-state index is 0.215. The Balaban J connectivity index is 2.14. The number of rotatable bonds is 6. The lowest BCUT2D eigenvalue weighted by Gasteiger charge is -2.10. The van der Waals surface area contributed by atoms with E-state index in [9.17, 15) is 8.42 Å². The fraction of sp³-hybridized carbons (Fsp3) is 0.692. The molecule has 0 bridgehead atoms. The maximum atomic E-state index is 12.3. The Labute approximate surface area is 119 Å². The van der Waals surface area contributed by atoms with Crippen LogP contribution in [-0.4, -0.2) is 20.0 Å². The average molecular weight is 302 g/mol. The Kier molecular flexibility index (Phi) is 4.07. The number of sulfonamides is 1. The molecule has 19 heavy (non-hydrogen) atoms. The van der Waals surface area contributed by atoms with Crippen LogP contribution in [0.3, 0.4) is 0 Å². The van der Waals surface area contributed by atoms with Crippen molar-refractivity contribution in [1.29, 1.82) is 0 Å². The summed E-state index contributed by atoms with van der Waals surface area (Å²) in [5.41, 5.74) is 0.826. The highest BCUT2D eigenvalue weighted by atomic mass is 32.2. The van der Waals surface area contributed by atoms with Gasteiger partial charge in [0.05, 0.1) is 0 Å². The van der Waals surface area contributed by atoms with Crippen molar-refractivity contribution in [1.82, 2.24) is 10.0 Å². The Morgan fingerprint density at radius 3 is 2.58 bits per heavy atom. The minimum Gasteiger partial charge on any atom is -0.310 e. The molecule has 2 N–H and O–H groups in total. The summed E-state index contributed by atoms with van der Waals surface area (Å²) in [5.74, 6) is 0. The van der Waals surface area contributed by atoms with E-state index in [1.165, 1.54) is 11.3 Å². The van der Waals surface area contributed by atoms with Gasteiger partial charge in [0.2, 0.25) is 0 Å². The number of thiophene rings is 1. The van der Waals surface area contributed by atoms with Crippen LogP contribution in [0.2, 0.25) is 0 Å². The number of hydrogen-bond acceptors (Lipinski definition) is 4. The van der Waals surface area contributed by atoms with Crippen LogP contribution in [0.25, 0.3) is 0 Å². The molecule has 0 spiro atoms. The summed E-state index contributed by atoms with van der Waals surface area (Å²) in [6.07, 6.45) is 1.86. The van der Waals surface area contributed by atoms with Gasteiger partial charge in [-0.1, -0.05) is 13.8 Å². The van der Waals surface area contributed by atoms with E-state index in [0.717, 1.165) is 29.8 Å². The van der Waals surface area contributed by atoms with Crippen LogP contribution >= 0.6 is 11.3 Å². The summed E-state index contributed by atoms with van der Waals surface area (Å²) in [5, 5.41) is 3.32. The van der Waals surface area contributed by atoms with Gasteiger partial charge < -0.3 is 5.32 Å². The van der Waals surface area contributed by atoms with Crippen LogP contribution in [0.1, 0.15) is 44.1 Å². The van der Waals surface area contributed by atoms with Crippen molar-refractivity contribution in [3.05, 3.63) is 16.5 Å². The van der Waals surface area contributed by atoms with Gasteiger partial charge in [-0.3, -0.25) is 0 Å². The first kappa shape index (κ1) is 15.0. The second-order valence-corrected chi connectivity index (χ2v) is 8.92. The zero-order valence-electron chi connectivity index (χ0n) is 11.9. The first-order valence-electron chi connectivity index (χ1n) is 6.58. The third kappa shape index (κ3) is 3.78. The van der Waals surface area contributed by atoms with Gasteiger partial charge in [-0.25, -0.2) is 13.1 Å². The fourth-order valence-electron chi connectivity index (χ4n) is 1.76. The SMILES string of the molecule is Cc1cc(S(=O)(=O)NC2(C)CC2)sc1CNC(C)C. The number of nitrogens with one attached hydrogen (secondary N) is 2. The van der Waals surface area contributed by atoms with Gasteiger partial charge in [0.1, 0.15) is 4.21 Å². The van der Waals surface area contributed by atoms with E-state index in [-0.39, 0.29) is 5.54 Å². The van der Waals surface area contributed by atoms with Crippen LogP contribution in [0.5, 0.6) is 0 Å². The minimum atomic E-state index is -3.35. The lowest BCUT2D eigenvalue weighted by Crippen LogP contribution is -2.33. The van der Waals surface area contributed by atoms with Gasteiger partial charge in [0.15, 0.2) is 0 Å². The van der Waals surface area contributed by atoms with Gasteiger partial charge in [-0.15, -0.1) is 11.3 Å². The number of hydrogen-bond donors (Lipinski definition) is 2. The van der Waals surface area contributed by atoms with E-state index in [1.54, 1.807) is 6.07 Å². The van der Waals surface area contributed by atoms with E-state index in [0.29, 0.717) is 10.3 Å². The molecule has 4 nitrogen and oxygen atoms in total. The summed E-state index contributed by atoms with van der Waals surface area (Å²) in [4.78, 5) is 1.09. The Morgan fingerprint density at radius 2 is 2.05 bits per heavy atom. The first-order valence-corrected chi connectivity index (χ1v) is 8.88. The molecule has 0 radical (unpaired) electrons. The molecular weight excluding hydrogens is 280 g/mol. The van der Waals surface area contributed by atoms with Gasteiger partial charge >= 0.3 is 0 Å². The molecule has 1 aromatic heterocycles. The van der Waals surface area contributed by atoms with Gasteiger partial charge in [0.25, 0.3) is 10.0 Å². The molecule has 1 heterocycles. The normalized spacial score (nSPS) is 17.9. The molecule has 0 amide bonds. The highest BCUT2D eigenvalue weighted by Crippen LogP contribution is 2.37. The summed E-state index contributed by atoms with van der Waals surface area (Å²) in [7, 11) is -3.35. The first-order chi connectivity index (χ1) is 8.72. The number of aryl methyl sites for hydroxylation is 1. The zero-order valence-corrected chi connectivity index (χ0v) is 13.5. The van der Waals surface area contributed by atoms with Gasteiger partial charge in [-0.2, -0.15) is 0 Å². The van der Waals surface area contributed by atoms with E-state index < -0.39 is 10.0 Å². The molecule has 0 aliphatic heterocycles. The van der Waals surface area contributed by atoms with Crippen molar-refractivity contribution < 1.29 is 8.42 Å². The van der Waals surface area contributed by atoms with Gasteiger partial charge in [0, 0.05) is 23.0 Å². The molecule has 0 aromatic carbocycles. The predicted octanol–water partition coefficient (Wildman–Crippen LogP) is 2.39. The molecule has 6 heteroatoms. The molecule has 0 atom stereocenters. The summed E-state index contributed by atoms with van der Waals surface area (Å²) >= 11 is 1.36. The van der Waals surface area contributed by atoms with Crippen LogP contribution in [-0.2, 0) is 16.6 Å². The van der Waals surface area contributed by atoms with Crippen LogP contribution < -0.4 is 10.0 Å². The molecule has 1 fully saturated rings. The molecule has 0 unspecified atom stereocenters. The van der Waals surface area contributed by atoms with Crippen LogP contribution in [0, 0.1) is 6.92 Å². The van der Waals surface area contributed by atoms with Crippen LogP contribution in [0.15, 0.2) is 10.3 Å².